The molecule has 9 aromatic rings. The standard InChI is InChI=1S/C49H37N3SSi/c1-49(2)40-22-9-10-24-44(40)53-45-29-28-42-47(48(45)49)39-27-26-38(33-43(39)52(42)46-25-12-14-31-51-46)54(35-17-5-3-6-18-35,36-19-7-4-8-20-36)37-21-15-16-34(32-37)41-23-11-13-30-50-41/h3-33H,1-2H3. The SMILES string of the molecule is CC1(C)c2ccccc2Sc2ccc3c(c21)c1ccc([Si](c2ccccc2)(c2ccccc2)c2cccc(-c4ccccn4)c2)cc1n3-c1ccccn1. The van der Waals surface area contributed by atoms with Gasteiger partial charge in [0.1, 0.15) is 5.82 Å². The summed E-state index contributed by atoms with van der Waals surface area (Å²) in [5, 5.41) is 7.85. The quantitative estimate of drug-likeness (QED) is 0.126. The number of hydrogen-bond donors (Lipinski definition) is 0. The monoisotopic (exact) mass is 727 g/mol. The molecule has 6 aromatic carbocycles. The third-order valence-electron chi connectivity index (χ3n) is 11.3. The van der Waals surface area contributed by atoms with Crippen LogP contribution in [0.4, 0.5) is 0 Å². The largest absolute Gasteiger partial charge is 0.294 e. The van der Waals surface area contributed by atoms with Gasteiger partial charge in [0.15, 0.2) is 8.07 Å². The lowest BCUT2D eigenvalue weighted by Gasteiger charge is -2.35. The van der Waals surface area contributed by atoms with E-state index in [4.69, 9.17) is 9.97 Å². The number of nitrogens with zero attached hydrogens (tertiary/aromatic N) is 3. The lowest BCUT2D eigenvalue weighted by molar-refractivity contribution is 0.614. The van der Waals surface area contributed by atoms with Gasteiger partial charge in [-0.25, -0.2) is 4.98 Å². The maximum Gasteiger partial charge on any atom is 0.179 e. The van der Waals surface area contributed by atoms with Crippen LogP contribution in [0.15, 0.2) is 198 Å². The Bertz CT molecular complexity index is 2780. The van der Waals surface area contributed by atoms with Gasteiger partial charge in [0.25, 0.3) is 0 Å². The average molecular weight is 728 g/mol. The Hall–Kier alpha value is -6.01. The van der Waals surface area contributed by atoms with Gasteiger partial charge < -0.3 is 0 Å². The summed E-state index contributed by atoms with van der Waals surface area (Å²) in [6.45, 7) is 4.78. The van der Waals surface area contributed by atoms with Crippen LogP contribution in [0, 0.1) is 0 Å². The van der Waals surface area contributed by atoms with Crippen molar-refractivity contribution in [2.45, 2.75) is 29.1 Å². The molecule has 10 rings (SSSR count). The Balaban J connectivity index is 1.33. The molecule has 0 fully saturated rings. The lowest BCUT2D eigenvalue weighted by Crippen LogP contribution is -2.74. The molecule has 1 aliphatic rings. The van der Waals surface area contributed by atoms with Crippen molar-refractivity contribution in [1.82, 2.24) is 14.5 Å². The second kappa shape index (κ2) is 12.8. The van der Waals surface area contributed by atoms with Gasteiger partial charge in [-0.2, -0.15) is 0 Å². The van der Waals surface area contributed by atoms with Gasteiger partial charge in [-0.05, 0) is 80.4 Å². The van der Waals surface area contributed by atoms with E-state index < -0.39 is 8.07 Å². The predicted octanol–water partition coefficient (Wildman–Crippen LogP) is 9.41. The van der Waals surface area contributed by atoms with Crippen LogP contribution in [0.25, 0.3) is 38.9 Å². The molecule has 0 atom stereocenters. The third-order valence-corrected chi connectivity index (χ3v) is 17.2. The molecule has 0 aliphatic carbocycles. The smallest absolute Gasteiger partial charge is 0.179 e. The van der Waals surface area contributed by atoms with Gasteiger partial charge in [-0.1, -0.05) is 153 Å². The summed E-state index contributed by atoms with van der Waals surface area (Å²) in [4.78, 5) is 12.4. The number of aromatic nitrogens is 3. The van der Waals surface area contributed by atoms with Crippen LogP contribution in [-0.2, 0) is 5.41 Å². The van der Waals surface area contributed by atoms with E-state index in [0.29, 0.717) is 0 Å². The van der Waals surface area contributed by atoms with Crippen molar-refractivity contribution in [2.24, 2.45) is 0 Å². The Morgan fingerprint density at radius 2 is 1.19 bits per heavy atom. The molecule has 258 valence electrons. The van der Waals surface area contributed by atoms with Crippen molar-refractivity contribution < 1.29 is 0 Å². The molecule has 0 saturated carbocycles. The molecule has 0 N–H and O–H groups in total. The zero-order chi connectivity index (χ0) is 36.3. The van der Waals surface area contributed by atoms with Crippen LogP contribution < -0.4 is 20.7 Å². The van der Waals surface area contributed by atoms with Crippen molar-refractivity contribution in [2.75, 3.05) is 0 Å². The summed E-state index contributed by atoms with van der Waals surface area (Å²) in [5.74, 6) is 0.917. The highest BCUT2D eigenvalue weighted by molar-refractivity contribution is 7.99. The van der Waals surface area contributed by atoms with Gasteiger partial charge in [-0.3, -0.25) is 9.55 Å². The van der Waals surface area contributed by atoms with Gasteiger partial charge in [0.05, 0.1) is 16.7 Å². The lowest BCUT2D eigenvalue weighted by atomic mass is 9.76. The van der Waals surface area contributed by atoms with E-state index in [2.05, 4.69) is 182 Å². The van der Waals surface area contributed by atoms with E-state index in [0.717, 1.165) is 17.1 Å². The Morgan fingerprint density at radius 3 is 1.91 bits per heavy atom. The summed E-state index contributed by atoms with van der Waals surface area (Å²) in [6.07, 6.45) is 3.78. The highest BCUT2D eigenvalue weighted by atomic mass is 32.2. The van der Waals surface area contributed by atoms with Crippen molar-refractivity contribution in [1.29, 1.82) is 0 Å². The fraction of sp³-hybridized carbons (Fsp3) is 0.0612. The Morgan fingerprint density at radius 1 is 0.519 bits per heavy atom. The number of hydrogen-bond acceptors (Lipinski definition) is 3. The molecule has 4 heterocycles. The Labute approximate surface area is 321 Å². The van der Waals surface area contributed by atoms with E-state index >= 15 is 0 Å². The molecular formula is C49H37N3SSi. The van der Waals surface area contributed by atoms with Crippen molar-refractivity contribution in [3.8, 4) is 17.1 Å². The highest BCUT2D eigenvalue weighted by Crippen LogP contribution is 2.53. The second-order valence-electron chi connectivity index (χ2n) is 14.6. The van der Waals surface area contributed by atoms with Gasteiger partial charge in [0, 0.05) is 43.9 Å². The van der Waals surface area contributed by atoms with Crippen molar-refractivity contribution in [3.63, 3.8) is 0 Å². The maximum absolute atomic E-state index is 4.98. The zero-order valence-corrected chi connectivity index (χ0v) is 32.0. The number of rotatable bonds is 6. The first-order valence-electron chi connectivity index (χ1n) is 18.5. The summed E-state index contributed by atoms with van der Waals surface area (Å²) < 4.78 is 2.40. The van der Waals surface area contributed by atoms with Gasteiger partial charge in [-0.15, -0.1) is 0 Å². The highest BCUT2D eigenvalue weighted by Gasteiger charge is 2.42. The molecule has 0 spiro atoms. The molecule has 0 radical (unpaired) electrons. The maximum atomic E-state index is 4.98. The minimum atomic E-state index is -2.92. The fourth-order valence-corrected chi connectivity index (χ4v) is 15.1. The van der Waals surface area contributed by atoms with E-state index in [-0.39, 0.29) is 5.41 Å². The molecule has 5 heteroatoms. The van der Waals surface area contributed by atoms with E-state index in [1.54, 1.807) is 0 Å². The van der Waals surface area contributed by atoms with Crippen LogP contribution in [0.3, 0.4) is 0 Å². The second-order valence-corrected chi connectivity index (χ2v) is 19.5. The molecule has 3 aromatic heterocycles. The summed E-state index contributed by atoms with van der Waals surface area (Å²) in [6, 6.07) is 64.7. The van der Waals surface area contributed by atoms with Crippen LogP contribution in [0.5, 0.6) is 0 Å². The average Bonchev–Trinajstić information content (AvgIpc) is 3.56. The summed E-state index contributed by atoms with van der Waals surface area (Å²) in [5.41, 5.74) is 6.99. The van der Waals surface area contributed by atoms with E-state index in [1.807, 2.05) is 36.3 Å². The summed E-state index contributed by atoms with van der Waals surface area (Å²) in [7, 11) is -2.92. The minimum absolute atomic E-state index is 0.197. The normalized spacial score (nSPS) is 13.4. The molecule has 0 saturated heterocycles. The zero-order valence-electron chi connectivity index (χ0n) is 30.1. The third kappa shape index (κ3) is 4.96. The van der Waals surface area contributed by atoms with Crippen LogP contribution in [0.2, 0.25) is 0 Å². The fourth-order valence-electron chi connectivity index (χ4n) is 8.91. The first kappa shape index (κ1) is 32.6. The minimum Gasteiger partial charge on any atom is -0.294 e. The number of benzene rings is 6. The number of fused-ring (bicyclic) bond motifs is 6. The van der Waals surface area contributed by atoms with Crippen molar-refractivity contribution >= 4 is 62.4 Å². The Kier molecular flexibility index (Phi) is 7.75. The van der Waals surface area contributed by atoms with E-state index in [1.165, 1.54) is 63.5 Å². The molecule has 54 heavy (non-hydrogen) atoms. The molecule has 0 bridgehead atoms. The first-order valence-corrected chi connectivity index (χ1v) is 21.3. The van der Waals surface area contributed by atoms with Crippen LogP contribution in [0.1, 0.15) is 25.0 Å². The molecule has 0 unspecified atom stereocenters. The van der Waals surface area contributed by atoms with Crippen molar-refractivity contribution in [3.05, 3.63) is 199 Å². The first-order chi connectivity index (χ1) is 26.5. The topological polar surface area (TPSA) is 30.7 Å². The van der Waals surface area contributed by atoms with Gasteiger partial charge in [0.2, 0.25) is 0 Å². The van der Waals surface area contributed by atoms with E-state index in [9.17, 15) is 0 Å². The van der Waals surface area contributed by atoms with Gasteiger partial charge >= 0.3 is 0 Å². The predicted molar refractivity (Wildman–Crippen MR) is 228 cm³/mol. The number of pyridine rings is 2. The van der Waals surface area contributed by atoms with Crippen LogP contribution in [-0.4, -0.2) is 22.6 Å². The molecular weight excluding hydrogens is 691 g/mol. The molecule has 1 aliphatic heterocycles. The van der Waals surface area contributed by atoms with Crippen LogP contribution >= 0.6 is 11.8 Å². The molecule has 3 nitrogen and oxygen atoms in total. The molecule has 0 amide bonds. The summed E-state index contributed by atoms with van der Waals surface area (Å²) >= 11 is 1.89.